The van der Waals surface area contributed by atoms with Crippen molar-refractivity contribution < 1.29 is 9.53 Å². The largest absolute Gasteiger partial charge is 0.374 e. The SMILES string of the molecule is C=CC(=O)N1CCc2c(nnn2CC2CC2)C1COCc1cccnc1. The van der Waals surface area contributed by atoms with E-state index in [1.54, 1.807) is 17.3 Å². The van der Waals surface area contributed by atoms with Crippen molar-refractivity contribution >= 4 is 5.91 Å². The van der Waals surface area contributed by atoms with E-state index >= 15 is 0 Å². The summed E-state index contributed by atoms with van der Waals surface area (Å²) < 4.78 is 7.92. The van der Waals surface area contributed by atoms with Gasteiger partial charge >= 0.3 is 0 Å². The summed E-state index contributed by atoms with van der Waals surface area (Å²) in [7, 11) is 0. The molecule has 1 aliphatic heterocycles. The first kappa shape index (κ1) is 16.9. The van der Waals surface area contributed by atoms with Crippen LogP contribution < -0.4 is 0 Å². The van der Waals surface area contributed by atoms with Gasteiger partial charge in [0, 0.05) is 31.9 Å². The second-order valence-corrected chi connectivity index (χ2v) is 6.92. The topological polar surface area (TPSA) is 73.1 Å². The fourth-order valence-electron chi connectivity index (χ4n) is 3.41. The Hall–Kier alpha value is -2.54. The van der Waals surface area contributed by atoms with E-state index in [1.807, 2.05) is 16.8 Å². The lowest BCUT2D eigenvalue weighted by Crippen LogP contribution is -2.41. The highest BCUT2D eigenvalue weighted by Gasteiger charge is 2.35. The predicted molar refractivity (Wildman–Crippen MR) is 95.0 cm³/mol. The minimum absolute atomic E-state index is 0.0950. The van der Waals surface area contributed by atoms with Crippen molar-refractivity contribution in [3.8, 4) is 0 Å². The third-order valence-electron chi connectivity index (χ3n) is 5.00. The Balaban J connectivity index is 1.51. The van der Waals surface area contributed by atoms with Gasteiger partial charge in [0.05, 0.1) is 18.9 Å². The number of aromatic nitrogens is 4. The van der Waals surface area contributed by atoms with Gasteiger partial charge in [0.2, 0.25) is 5.91 Å². The maximum absolute atomic E-state index is 12.3. The van der Waals surface area contributed by atoms with Crippen molar-refractivity contribution in [3.63, 3.8) is 0 Å². The third kappa shape index (κ3) is 3.53. The molecule has 1 unspecified atom stereocenters. The summed E-state index contributed by atoms with van der Waals surface area (Å²) in [6, 6.07) is 3.63. The van der Waals surface area contributed by atoms with Gasteiger partial charge < -0.3 is 9.64 Å². The van der Waals surface area contributed by atoms with Crippen LogP contribution in [0.3, 0.4) is 0 Å². The van der Waals surface area contributed by atoms with Crippen LogP contribution in [0.15, 0.2) is 37.2 Å². The highest BCUT2D eigenvalue weighted by atomic mass is 16.5. The van der Waals surface area contributed by atoms with Gasteiger partial charge in [-0.15, -0.1) is 5.10 Å². The molecule has 2 aromatic rings. The minimum atomic E-state index is -0.228. The molecule has 0 N–H and O–H groups in total. The van der Waals surface area contributed by atoms with Crippen LogP contribution in [0.2, 0.25) is 0 Å². The summed E-state index contributed by atoms with van der Waals surface area (Å²) in [4.78, 5) is 18.2. The molecule has 1 amide bonds. The number of fused-ring (bicyclic) bond motifs is 1. The van der Waals surface area contributed by atoms with Crippen molar-refractivity contribution in [3.05, 3.63) is 54.1 Å². The van der Waals surface area contributed by atoms with Crippen LogP contribution in [0.5, 0.6) is 0 Å². The number of carbonyl (C=O) groups is 1. The Morgan fingerprint density at radius 1 is 1.42 bits per heavy atom. The molecule has 0 bridgehead atoms. The molecule has 1 aliphatic carbocycles. The van der Waals surface area contributed by atoms with Crippen LogP contribution >= 0.6 is 0 Å². The molecule has 3 heterocycles. The van der Waals surface area contributed by atoms with Crippen LogP contribution in [-0.2, 0) is 29.1 Å². The Morgan fingerprint density at radius 2 is 2.31 bits per heavy atom. The van der Waals surface area contributed by atoms with Crippen molar-refractivity contribution in [1.29, 1.82) is 0 Å². The molecule has 136 valence electrons. The molecule has 2 aromatic heterocycles. The molecule has 0 spiro atoms. The Bertz CT molecular complexity index is 784. The fourth-order valence-corrected chi connectivity index (χ4v) is 3.41. The molecule has 26 heavy (non-hydrogen) atoms. The molecule has 1 fully saturated rings. The standard InChI is InChI=1S/C19H23N5O2/c1-2-18(25)23-9-7-16-19(21-22-24(16)11-14-5-6-14)17(23)13-26-12-15-4-3-8-20-10-15/h2-4,8,10,14,17H,1,5-7,9,11-13H2. The number of carbonyl (C=O) groups excluding carboxylic acids is 1. The minimum Gasteiger partial charge on any atom is -0.374 e. The van der Waals surface area contributed by atoms with Gasteiger partial charge in [0.25, 0.3) is 0 Å². The molecule has 2 aliphatic rings. The summed E-state index contributed by atoms with van der Waals surface area (Å²) in [5.41, 5.74) is 3.00. The van der Waals surface area contributed by atoms with Gasteiger partial charge in [-0.05, 0) is 36.5 Å². The average molecular weight is 353 g/mol. The van der Waals surface area contributed by atoms with Crippen molar-refractivity contribution in [2.24, 2.45) is 5.92 Å². The van der Waals surface area contributed by atoms with E-state index < -0.39 is 0 Å². The maximum Gasteiger partial charge on any atom is 0.246 e. The van der Waals surface area contributed by atoms with E-state index in [2.05, 4.69) is 21.9 Å². The number of nitrogens with zero attached hydrogens (tertiary/aromatic N) is 5. The number of ether oxygens (including phenoxy) is 1. The smallest absolute Gasteiger partial charge is 0.246 e. The lowest BCUT2D eigenvalue weighted by atomic mass is 10.0. The molecule has 0 aromatic carbocycles. The van der Waals surface area contributed by atoms with Crippen LogP contribution in [0.25, 0.3) is 0 Å². The average Bonchev–Trinajstić information content (AvgIpc) is 3.40. The molecule has 7 heteroatoms. The molecule has 7 nitrogen and oxygen atoms in total. The second-order valence-electron chi connectivity index (χ2n) is 6.92. The molecule has 4 rings (SSSR count). The van der Waals surface area contributed by atoms with Crippen LogP contribution in [0, 0.1) is 5.92 Å². The number of pyridine rings is 1. The molecule has 1 saturated carbocycles. The van der Waals surface area contributed by atoms with Crippen molar-refractivity contribution in [2.45, 2.75) is 38.5 Å². The van der Waals surface area contributed by atoms with E-state index in [1.165, 1.54) is 18.9 Å². The summed E-state index contributed by atoms with van der Waals surface area (Å²) >= 11 is 0. The lowest BCUT2D eigenvalue weighted by molar-refractivity contribution is -0.130. The molecule has 0 saturated heterocycles. The van der Waals surface area contributed by atoms with Gasteiger partial charge in [-0.3, -0.25) is 9.78 Å². The first-order valence-corrected chi connectivity index (χ1v) is 9.08. The normalized spacial score (nSPS) is 19.2. The van der Waals surface area contributed by atoms with E-state index in [-0.39, 0.29) is 11.9 Å². The van der Waals surface area contributed by atoms with Crippen LogP contribution in [0.4, 0.5) is 0 Å². The number of hydrogen-bond donors (Lipinski definition) is 0. The van der Waals surface area contributed by atoms with Gasteiger partial charge in [-0.1, -0.05) is 17.9 Å². The molecular formula is C19H23N5O2. The van der Waals surface area contributed by atoms with Gasteiger partial charge in [-0.2, -0.15) is 0 Å². The van der Waals surface area contributed by atoms with E-state index in [0.29, 0.717) is 19.8 Å². The summed E-state index contributed by atoms with van der Waals surface area (Å²) in [5.74, 6) is 0.635. The van der Waals surface area contributed by atoms with E-state index in [9.17, 15) is 4.79 Å². The molecule has 1 atom stereocenters. The zero-order valence-corrected chi connectivity index (χ0v) is 14.8. The monoisotopic (exact) mass is 353 g/mol. The Morgan fingerprint density at radius 3 is 3.04 bits per heavy atom. The van der Waals surface area contributed by atoms with Crippen molar-refractivity contribution in [1.82, 2.24) is 24.9 Å². The summed E-state index contributed by atoms with van der Waals surface area (Å²) in [5, 5.41) is 8.76. The first-order valence-electron chi connectivity index (χ1n) is 9.08. The van der Waals surface area contributed by atoms with Crippen molar-refractivity contribution in [2.75, 3.05) is 13.2 Å². The number of rotatable bonds is 7. The number of hydrogen-bond acceptors (Lipinski definition) is 5. The maximum atomic E-state index is 12.3. The summed E-state index contributed by atoms with van der Waals surface area (Å²) in [6.07, 6.45) is 8.19. The third-order valence-corrected chi connectivity index (χ3v) is 5.00. The predicted octanol–water partition coefficient (Wildman–Crippen LogP) is 1.91. The first-order chi connectivity index (χ1) is 12.8. The highest BCUT2D eigenvalue weighted by Crippen LogP contribution is 2.33. The van der Waals surface area contributed by atoms with Crippen LogP contribution in [-0.4, -0.2) is 43.9 Å². The fraction of sp³-hybridized carbons (Fsp3) is 0.474. The van der Waals surface area contributed by atoms with E-state index in [0.717, 1.165) is 35.8 Å². The zero-order chi connectivity index (χ0) is 17.9. The lowest BCUT2D eigenvalue weighted by Gasteiger charge is -2.34. The second kappa shape index (κ2) is 7.37. The highest BCUT2D eigenvalue weighted by molar-refractivity contribution is 5.87. The van der Waals surface area contributed by atoms with Gasteiger partial charge in [-0.25, -0.2) is 4.68 Å². The molecule has 0 radical (unpaired) electrons. The Labute approximate surface area is 152 Å². The zero-order valence-electron chi connectivity index (χ0n) is 14.8. The van der Waals surface area contributed by atoms with E-state index in [4.69, 9.17) is 4.74 Å². The van der Waals surface area contributed by atoms with Gasteiger partial charge in [0.15, 0.2) is 0 Å². The Kier molecular flexibility index (Phi) is 4.79. The van der Waals surface area contributed by atoms with Gasteiger partial charge in [0.1, 0.15) is 11.7 Å². The molecular weight excluding hydrogens is 330 g/mol. The van der Waals surface area contributed by atoms with Crippen LogP contribution in [0.1, 0.15) is 35.8 Å². The quantitative estimate of drug-likeness (QED) is 0.711. The summed E-state index contributed by atoms with van der Waals surface area (Å²) in [6.45, 7) is 6.02. The number of amides is 1.